The van der Waals surface area contributed by atoms with Crippen molar-refractivity contribution in [2.45, 2.75) is 6.92 Å². The van der Waals surface area contributed by atoms with Crippen LogP contribution < -0.4 is 10.9 Å². The van der Waals surface area contributed by atoms with Crippen molar-refractivity contribution in [3.63, 3.8) is 0 Å². The van der Waals surface area contributed by atoms with Gasteiger partial charge in [-0.3, -0.25) is 14.9 Å². The molecule has 0 atom stereocenters. The molecule has 0 aliphatic carbocycles. The average molecular weight is 400 g/mol. The maximum Gasteiger partial charge on any atom is 0.344 e. The van der Waals surface area contributed by atoms with Gasteiger partial charge in [-0.05, 0) is 42.8 Å². The van der Waals surface area contributed by atoms with Gasteiger partial charge < -0.3 is 9.73 Å². The van der Waals surface area contributed by atoms with Gasteiger partial charge in [0.15, 0.2) is 0 Å². The minimum absolute atomic E-state index is 0.110. The number of nitro groups is 1. The molecule has 148 valence electrons. The SMILES string of the molecule is Cc1ccc(C(=O)Nc2ccc(-c3cc4ccccc4oc3=O)cc2)cc1[N+](=O)[O-]. The summed E-state index contributed by atoms with van der Waals surface area (Å²) in [5.41, 5.74) is 2.19. The maximum atomic E-state index is 12.5. The Balaban J connectivity index is 1.58. The van der Waals surface area contributed by atoms with Gasteiger partial charge in [-0.15, -0.1) is 0 Å². The second-order valence-electron chi connectivity index (χ2n) is 6.78. The van der Waals surface area contributed by atoms with E-state index in [-0.39, 0.29) is 11.3 Å². The number of hydrogen-bond donors (Lipinski definition) is 1. The van der Waals surface area contributed by atoms with Gasteiger partial charge in [0.05, 0.1) is 10.5 Å². The second-order valence-corrected chi connectivity index (χ2v) is 6.78. The minimum atomic E-state index is -0.518. The number of fused-ring (bicyclic) bond motifs is 1. The highest BCUT2D eigenvalue weighted by Crippen LogP contribution is 2.24. The number of nitro benzene ring substituents is 1. The molecule has 7 nitrogen and oxygen atoms in total. The summed E-state index contributed by atoms with van der Waals surface area (Å²) in [5, 5.41) is 14.6. The van der Waals surface area contributed by atoms with Crippen molar-refractivity contribution in [3.8, 4) is 11.1 Å². The molecule has 1 heterocycles. The summed E-state index contributed by atoms with van der Waals surface area (Å²) in [6, 6.07) is 20.1. The largest absolute Gasteiger partial charge is 0.422 e. The number of carbonyl (C=O) groups excluding carboxylic acids is 1. The van der Waals surface area contributed by atoms with Crippen molar-refractivity contribution in [3.05, 3.63) is 104 Å². The van der Waals surface area contributed by atoms with Gasteiger partial charge in [0.2, 0.25) is 0 Å². The topological polar surface area (TPSA) is 102 Å². The van der Waals surface area contributed by atoms with Crippen LogP contribution in [-0.2, 0) is 0 Å². The number of rotatable bonds is 4. The molecule has 0 aliphatic heterocycles. The molecule has 0 saturated carbocycles. The zero-order valence-corrected chi connectivity index (χ0v) is 15.9. The minimum Gasteiger partial charge on any atom is -0.422 e. The first-order valence-electron chi connectivity index (χ1n) is 9.12. The summed E-state index contributed by atoms with van der Waals surface area (Å²) in [6.07, 6.45) is 0. The predicted octanol–water partition coefficient (Wildman–Crippen LogP) is 4.93. The predicted molar refractivity (Wildman–Crippen MR) is 114 cm³/mol. The number of amides is 1. The molecule has 0 unspecified atom stereocenters. The van der Waals surface area contributed by atoms with Crippen molar-refractivity contribution < 1.29 is 14.1 Å². The summed E-state index contributed by atoms with van der Waals surface area (Å²) in [6.45, 7) is 1.61. The van der Waals surface area contributed by atoms with Crippen LogP contribution in [0.1, 0.15) is 15.9 Å². The highest BCUT2D eigenvalue weighted by Gasteiger charge is 2.15. The number of carbonyl (C=O) groups is 1. The third-order valence-electron chi connectivity index (χ3n) is 4.76. The molecule has 4 aromatic rings. The van der Waals surface area contributed by atoms with Crippen LogP contribution in [0, 0.1) is 17.0 Å². The van der Waals surface area contributed by atoms with E-state index in [1.54, 1.807) is 49.4 Å². The van der Waals surface area contributed by atoms with E-state index in [1.807, 2.05) is 12.1 Å². The number of benzene rings is 3. The van der Waals surface area contributed by atoms with Crippen LogP contribution in [0.4, 0.5) is 11.4 Å². The number of aryl methyl sites for hydroxylation is 1. The van der Waals surface area contributed by atoms with E-state index in [2.05, 4.69) is 5.32 Å². The molecule has 1 aromatic heterocycles. The Kier molecular flexibility index (Phi) is 4.85. The Morgan fingerprint density at radius 3 is 2.47 bits per heavy atom. The van der Waals surface area contributed by atoms with Crippen LogP contribution >= 0.6 is 0 Å². The quantitative estimate of drug-likeness (QED) is 0.297. The Bertz CT molecular complexity index is 1340. The fourth-order valence-corrected chi connectivity index (χ4v) is 3.15. The third kappa shape index (κ3) is 3.68. The normalized spacial score (nSPS) is 10.7. The van der Waals surface area contributed by atoms with Gasteiger partial charge in [0, 0.05) is 28.3 Å². The second kappa shape index (κ2) is 7.63. The summed E-state index contributed by atoms with van der Waals surface area (Å²) in [7, 11) is 0. The van der Waals surface area contributed by atoms with E-state index in [1.165, 1.54) is 18.2 Å². The molecule has 1 N–H and O–H groups in total. The fourth-order valence-electron chi connectivity index (χ4n) is 3.15. The Morgan fingerprint density at radius 1 is 1.00 bits per heavy atom. The Hall–Kier alpha value is -4.26. The van der Waals surface area contributed by atoms with Crippen molar-refractivity contribution in [1.29, 1.82) is 0 Å². The molecule has 0 bridgehead atoms. The number of para-hydroxylation sites is 1. The molecule has 0 saturated heterocycles. The summed E-state index contributed by atoms with van der Waals surface area (Å²) in [4.78, 5) is 35.3. The standard InChI is InChI=1S/C23H16N2O5/c1-14-6-7-17(13-20(14)25(28)29)22(26)24-18-10-8-15(9-11-18)19-12-16-4-2-3-5-21(16)30-23(19)27/h2-13H,1H3,(H,24,26). The smallest absolute Gasteiger partial charge is 0.344 e. The summed E-state index contributed by atoms with van der Waals surface area (Å²) in [5.74, 6) is -0.462. The molecule has 1 amide bonds. The Morgan fingerprint density at radius 2 is 1.73 bits per heavy atom. The highest BCUT2D eigenvalue weighted by molar-refractivity contribution is 6.04. The fraction of sp³-hybridized carbons (Fsp3) is 0.0435. The molecular weight excluding hydrogens is 384 g/mol. The third-order valence-corrected chi connectivity index (χ3v) is 4.76. The summed E-state index contributed by atoms with van der Waals surface area (Å²) < 4.78 is 5.36. The lowest BCUT2D eigenvalue weighted by Gasteiger charge is -2.08. The van der Waals surface area contributed by atoms with Crippen LogP contribution in [-0.4, -0.2) is 10.8 Å². The lowest BCUT2D eigenvalue weighted by molar-refractivity contribution is -0.385. The van der Waals surface area contributed by atoms with Crippen molar-refractivity contribution in [2.75, 3.05) is 5.32 Å². The van der Waals surface area contributed by atoms with E-state index in [0.29, 0.717) is 28.0 Å². The molecule has 4 rings (SSSR count). The zero-order valence-electron chi connectivity index (χ0n) is 15.9. The van der Waals surface area contributed by atoms with Gasteiger partial charge in [0.1, 0.15) is 5.58 Å². The van der Waals surface area contributed by atoms with E-state index in [9.17, 15) is 19.7 Å². The van der Waals surface area contributed by atoms with E-state index in [4.69, 9.17) is 4.42 Å². The first-order chi connectivity index (χ1) is 14.4. The van der Waals surface area contributed by atoms with Crippen LogP contribution in [0.2, 0.25) is 0 Å². The van der Waals surface area contributed by atoms with Crippen LogP contribution in [0.15, 0.2) is 82.0 Å². The van der Waals surface area contributed by atoms with Crippen molar-refractivity contribution in [1.82, 2.24) is 0 Å². The molecule has 0 aliphatic rings. The first-order valence-corrected chi connectivity index (χ1v) is 9.12. The van der Waals surface area contributed by atoms with Crippen LogP contribution in [0.5, 0.6) is 0 Å². The molecule has 3 aromatic carbocycles. The highest BCUT2D eigenvalue weighted by atomic mass is 16.6. The van der Waals surface area contributed by atoms with E-state index >= 15 is 0 Å². The van der Waals surface area contributed by atoms with E-state index in [0.717, 1.165) is 5.39 Å². The molecular formula is C23H16N2O5. The molecule has 0 radical (unpaired) electrons. The molecule has 0 spiro atoms. The van der Waals surface area contributed by atoms with Crippen LogP contribution in [0.3, 0.4) is 0 Å². The monoisotopic (exact) mass is 400 g/mol. The molecule has 0 fully saturated rings. The first kappa shape index (κ1) is 19.1. The van der Waals surface area contributed by atoms with E-state index < -0.39 is 16.5 Å². The number of anilines is 1. The van der Waals surface area contributed by atoms with Crippen LogP contribution in [0.25, 0.3) is 22.1 Å². The maximum absolute atomic E-state index is 12.5. The number of hydrogen-bond acceptors (Lipinski definition) is 5. The van der Waals surface area contributed by atoms with Gasteiger partial charge >= 0.3 is 5.63 Å². The van der Waals surface area contributed by atoms with Crippen molar-refractivity contribution in [2.24, 2.45) is 0 Å². The molecule has 30 heavy (non-hydrogen) atoms. The average Bonchev–Trinajstić information content (AvgIpc) is 2.74. The van der Waals surface area contributed by atoms with Crippen molar-refractivity contribution >= 4 is 28.3 Å². The number of nitrogens with one attached hydrogen (secondary N) is 1. The lowest BCUT2D eigenvalue weighted by atomic mass is 10.1. The zero-order chi connectivity index (χ0) is 21.3. The lowest BCUT2D eigenvalue weighted by Crippen LogP contribution is -2.12. The van der Waals surface area contributed by atoms with Gasteiger partial charge in [0.25, 0.3) is 11.6 Å². The molecule has 7 heteroatoms. The summed E-state index contributed by atoms with van der Waals surface area (Å²) >= 11 is 0. The Labute approximate surface area is 170 Å². The van der Waals surface area contributed by atoms with Gasteiger partial charge in [-0.2, -0.15) is 0 Å². The van der Waals surface area contributed by atoms with Gasteiger partial charge in [-0.25, -0.2) is 4.79 Å². The van der Waals surface area contributed by atoms with Gasteiger partial charge in [-0.1, -0.05) is 36.4 Å². The number of nitrogens with zero attached hydrogens (tertiary/aromatic N) is 1.